The van der Waals surface area contributed by atoms with Crippen LogP contribution >= 0.6 is 0 Å². The van der Waals surface area contributed by atoms with Crippen molar-refractivity contribution in [3.05, 3.63) is 12.2 Å². The summed E-state index contributed by atoms with van der Waals surface area (Å²) in [4.78, 5) is 11.2. The molecule has 0 atom stereocenters. The Morgan fingerprint density at radius 1 is 0.867 bits per heavy atom. The Kier molecular flexibility index (Phi) is 6.97. The van der Waals surface area contributed by atoms with Crippen LogP contribution in [-0.2, 0) is 9.53 Å². The maximum Gasteiger partial charge on any atom is 0.305 e. The zero-order chi connectivity index (χ0) is 10.8. The van der Waals surface area contributed by atoms with Crippen LogP contribution in [0.15, 0.2) is 12.2 Å². The lowest BCUT2D eigenvalue weighted by atomic mass is 10.1. The van der Waals surface area contributed by atoms with E-state index < -0.39 is 0 Å². The van der Waals surface area contributed by atoms with E-state index in [9.17, 15) is 4.79 Å². The van der Waals surface area contributed by atoms with Crippen LogP contribution in [0, 0.1) is 0 Å². The van der Waals surface area contributed by atoms with E-state index in [-0.39, 0.29) is 5.97 Å². The molecule has 1 aliphatic rings. The zero-order valence-electron chi connectivity index (χ0n) is 9.54. The number of allylic oxidation sites excluding steroid dienone is 1. The molecule has 0 N–H and O–H groups in total. The van der Waals surface area contributed by atoms with Crippen molar-refractivity contribution in [3.8, 4) is 0 Å². The Hall–Kier alpha value is -0.790. The smallest absolute Gasteiger partial charge is 0.305 e. The normalized spacial score (nSPS) is 21.7. The number of hydrogen-bond acceptors (Lipinski definition) is 2. The molecule has 1 aliphatic heterocycles. The molecular weight excluding hydrogens is 188 g/mol. The summed E-state index contributed by atoms with van der Waals surface area (Å²) in [6.07, 6.45) is 14.3. The highest BCUT2D eigenvalue weighted by atomic mass is 16.5. The maximum atomic E-state index is 11.2. The fraction of sp³-hybridized carbons (Fsp3) is 0.769. The van der Waals surface area contributed by atoms with Crippen LogP contribution in [0.25, 0.3) is 0 Å². The summed E-state index contributed by atoms with van der Waals surface area (Å²) in [5, 5.41) is 0. The van der Waals surface area contributed by atoms with Gasteiger partial charge in [-0.1, -0.05) is 37.8 Å². The van der Waals surface area contributed by atoms with Gasteiger partial charge in [-0.25, -0.2) is 0 Å². The fourth-order valence-corrected chi connectivity index (χ4v) is 1.79. The van der Waals surface area contributed by atoms with Crippen LogP contribution in [-0.4, -0.2) is 12.6 Å². The van der Waals surface area contributed by atoms with Gasteiger partial charge in [0, 0.05) is 6.42 Å². The van der Waals surface area contributed by atoms with E-state index in [1.54, 1.807) is 0 Å². The van der Waals surface area contributed by atoms with E-state index in [4.69, 9.17) is 4.74 Å². The lowest BCUT2D eigenvalue weighted by molar-refractivity contribution is -0.143. The molecule has 1 heterocycles. The van der Waals surface area contributed by atoms with Crippen molar-refractivity contribution in [2.75, 3.05) is 6.61 Å². The van der Waals surface area contributed by atoms with Gasteiger partial charge in [-0.15, -0.1) is 0 Å². The monoisotopic (exact) mass is 210 g/mol. The van der Waals surface area contributed by atoms with Crippen LogP contribution in [0.3, 0.4) is 0 Å². The van der Waals surface area contributed by atoms with Gasteiger partial charge in [0.15, 0.2) is 0 Å². The maximum absolute atomic E-state index is 11.2. The second kappa shape index (κ2) is 8.51. The van der Waals surface area contributed by atoms with Gasteiger partial charge >= 0.3 is 5.97 Å². The molecule has 2 heteroatoms. The van der Waals surface area contributed by atoms with Crippen LogP contribution in [0.1, 0.15) is 57.8 Å². The third-order valence-corrected chi connectivity index (χ3v) is 2.72. The van der Waals surface area contributed by atoms with Crippen molar-refractivity contribution in [3.63, 3.8) is 0 Å². The lowest BCUT2D eigenvalue weighted by Gasteiger charge is -2.04. The molecule has 0 saturated carbocycles. The van der Waals surface area contributed by atoms with E-state index in [1.807, 2.05) is 0 Å². The van der Waals surface area contributed by atoms with Crippen LogP contribution in [0.5, 0.6) is 0 Å². The quantitative estimate of drug-likeness (QED) is 0.451. The Morgan fingerprint density at radius 2 is 1.53 bits per heavy atom. The Bertz CT molecular complexity index is 197. The summed E-state index contributed by atoms with van der Waals surface area (Å²) >= 11 is 0. The number of hydrogen-bond donors (Lipinski definition) is 0. The number of cyclic esters (lactones) is 1. The molecule has 0 amide bonds. The summed E-state index contributed by atoms with van der Waals surface area (Å²) < 4.78 is 5.10. The second-order valence-electron chi connectivity index (χ2n) is 4.14. The molecule has 86 valence electrons. The number of rotatable bonds is 0. The minimum absolute atomic E-state index is 0.0274. The summed E-state index contributed by atoms with van der Waals surface area (Å²) in [6.45, 7) is 0.551. The van der Waals surface area contributed by atoms with Gasteiger partial charge < -0.3 is 4.74 Å². The first-order chi connectivity index (χ1) is 7.39. The summed E-state index contributed by atoms with van der Waals surface area (Å²) in [5.74, 6) is -0.0274. The third kappa shape index (κ3) is 7.18. The van der Waals surface area contributed by atoms with Crippen LogP contribution < -0.4 is 0 Å². The average molecular weight is 210 g/mol. The van der Waals surface area contributed by atoms with E-state index in [0.29, 0.717) is 13.0 Å². The molecule has 0 unspecified atom stereocenters. The molecule has 0 radical (unpaired) electrons. The molecule has 0 aliphatic carbocycles. The summed E-state index contributed by atoms with van der Waals surface area (Å²) in [7, 11) is 0. The number of carbonyl (C=O) groups excluding carboxylic acids is 1. The van der Waals surface area contributed by atoms with Gasteiger partial charge in [0.2, 0.25) is 0 Å². The third-order valence-electron chi connectivity index (χ3n) is 2.72. The topological polar surface area (TPSA) is 26.3 Å². The van der Waals surface area contributed by atoms with Gasteiger partial charge in [-0.2, -0.15) is 0 Å². The minimum atomic E-state index is -0.0274. The molecule has 0 fully saturated rings. The van der Waals surface area contributed by atoms with Gasteiger partial charge in [-0.3, -0.25) is 4.79 Å². The number of ether oxygens (including phenoxy) is 1. The SMILES string of the molecule is O=C1CCCCCCCCC=CCCO1. The molecule has 0 saturated heterocycles. The molecular formula is C13H22O2. The molecule has 15 heavy (non-hydrogen) atoms. The average Bonchev–Trinajstić information content (AvgIpc) is 2.24. The van der Waals surface area contributed by atoms with Gasteiger partial charge in [0.05, 0.1) is 6.61 Å². The molecule has 0 aromatic rings. The van der Waals surface area contributed by atoms with Crippen molar-refractivity contribution >= 4 is 5.97 Å². The van der Waals surface area contributed by atoms with Gasteiger partial charge in [0.25, 0.3) is 0 Å². The lowest BCUT2D eigenvalue weighted by Crippen LogP contribution is -2.05. The number of carbonyl (C=O) groups is 1. The fourth-order valence-electron chi connectivity index (χ4n) is 1.79. The van der Waals surface area contributed by atoms with Crippen molar-refractivity contribution in [2.24, 2.45) is 0 Å². The van der Waals surface area contributed by atoms with Crippen molar-refractivity contribution in [1.29, 1.82) is 0 Å². The van der Waals surface area contributed by atoms with Gasteiger partial charge in [-0.05, 0) is 25.7 Å². The highest BCUT2D eigenvalue weighted by molar-refractivity contribution is 5.69. The molecule has 0 aromatic carbocycles. The first-order valence-electron chi connectivity index (χ1n) is 6.20. The van der Waals surface area contributed by atoms with E-state index in [0.717, 1.165) is 12.8 Å². The molecule has 1 rings (SSSR count). The molecule has 0 aromatic heterocycles. The summed E-state index contributed by atoms with van der Waals surface area (Å²) in [6, 6.07) is 0. The predicted octanol–water partition coefficient (Wildman–Crippen LogP) is 3.61. The Balaban J connectivity index is 2.21. The minimum Gasteiger partial charge on any atom is -0.465 e. The van der Waals surface area contributed by atoms with E-state index in [1.165, 1.54) is 38.5 Å². The zero-order valence-corrected chi connectivity index (χ0v) is 9.54. The van der Waals surface area contributed by atoms with E-state index in [2.05, 4.69) is 12.2 Å². The molecule has 2 nitrogen and oxygen atoms in total. The first kappa shape index (κ1) is 12.3. The molecule has 0 bridgehead atoms. The highest BCUT2D eigenvalue weighted by Gasteiger charge is 2.01. The summed E-state index contributed by atoms with van der Waals surface area (Å²) in [5.41, 5.74) is 0. The van der Waals surface area contributed by atoms with Crippen molar-refractivity contribution in [2.45, 2.75) is 57.8 Å². The van der Waals surface area contributed by atoms with Crippen molar-refractivity contribution in [1.82, 2.24) is 0 Å². The predicted molar refractivity (Wildman–Crippen MR) is 61.7 cm³/mol. The molecule has 0 spiro atoms. The Labute approximate surface area is 92.7 Å². The van der Waals surface area contributed by atoms with E-state index >= 15 is 0 Å². The highest BCUT2D eigenvalue weighted by Crippen LogP contribution is 2.10. The number of esters is 1. The largest absolute Gasteiger partial charge is 0.465 e. The van der Waals surface area contributed by atoms with Crippen LogP contribution in [0.2, 0.25) is 0 Å². The Morgan fingerprint density at radius 3 is 2.40 bits per heavy atom. The van der Waals surface area contributed by atoms with Gasteiger partial charge in [0.1, 0.15) is 0 Å². The van der Waals surface area contributed by atoms with Crippen molar-refractivity contribution < 1.29 is 9.53 Å². The standard InChI is InChI=1S/C13H22O2/c14-13-11-9-7-5-3-1-2-4-6-8-10-12-15-13/h6,8H,1-5,7,9-12H2. The van der Waals surface area contributed by atoms with Crippen LogP contribution in [0.4, 0.5) is 0 Å². The first-order valence-corrected chi connectivity index (χ1v) is 6.20. The second-order valence-corrected chi connectivity index (χ2v) is 4.14.